The summed E-state index contributed by atoms with van der Waals surface area (Å²) in [6, 6.07) is 5.11. The molecule has 0 saturated carbocycles. The lowest BCUT2D eigenvalue weighted by molar-refractivity contribution is 0.200. The van der Waals surface area contributed by atoms with Crippen molar-refractivity contribution < 1.29 is 0 Å². The molecule has 0 atom stereocenters. The van der Waals surface area contributed by atoms with Crippen molar-refractivity contribution in [2.45, 2.75) is 38.3 Å². The van der Waals surface area contributed by atoms with Gasteiger partial charge < -0.3 is 14.8 Å². The maximum absolute atomic E-state index is 4.07. The number of likely N-dealkylation sites (tertiary alicyclic amines) is 1. The molecule has 1 aliphatic rings. The molecular formula is C17H26N4S. The molecule has 2 aromatic heterocycles. The van der Waals surface area contributed by atoms with Crippen LogP contribution in [0.25, 0.3) is 0 Å². The zero-order chi connectivity index (χ0) is 15.0. The smallest absolute Gasteiger partial charge is 0.0945 e. The summed E-state index contributed by atoms with van der Waals surface area (Å²) >= 11 is 1.88. The van der Waals surface area contributed by atoms with Crippen molar-refractivity contribution >= 4 is 11.3 Å². The first-order valence-corrected chi connectivity index (χ1v) is 9.22. The summed E-state index contributed by atoms with van der Waals surface area (Å²) in [5.74, 6) is 0. The van der Waals surface area contributed by atoms with Gasteiger partial charge in [0.25, 0.3) is 0 Å². The number of thiophene rings is 1. The van der Waals surface area contributed by atoms with Gasteiger partial charge in [-0.1, -0.05) is 6.07 Å². The molecule has 1 N–H and O–H groups in total. The van der Waals surface area contributed by atoms with Gasteiger partial charge >= 0.3 is 0 Å². The van der Waals surface area contributed by atoms with Crippen LogP contribution in [0.5, 0.6) is 0 Å². The minimum absolute atomic E-state index is 0.709. The monoisotopic (exact) mass is 318 g/mol. The van der Waals surface area contributed by atoms with Gasteiger partial charge in [0, 0.05) is 36.4 Å². The number of hydrogen-bond donors (Lipinski definition) is 1. The number of rotatable bonds is 8. The highest BCUT2D eigenvalue weighted by molar-refractivity contribution is 7.09. The molecule has 0 bridgehead atoms. The second kappa shape index (κ2) is 8.46. The minimum atomic E-state index is 0.709. The van der Waals surface area contributed by atoms with Crippen LogP contribution in [0.4, 0.5) is 0 Å². The van der Waals surface area contributed by atoms with Gasteiger partial charge in [0.15, 0.2) is 0 Å². The van der Waals surface area contributed by atoms with Crippen LogP contribution in [-0.2, 0) is 13.0 Å². The molecule has 0 spiro atoms. The van der Waals surface area contributed by atoms with E-state index in [1.165, 1.54) is 50.2 Å². The number of hydrogen-bond acceptors (Lipinski definition) is 4. The Balaban J connectivity index is 1.25. The van der Waals surface area contributed by atoms with E-state index >= 15 is 0 Å². The number of nitrogens with zero attached hydrogens (tertiary/aromatic N) is 3. The van der Waals surface area contributed by atoms with Crippen molar-refractivity contribution in [1.29, 1.82) is 0 Å². The van der Waals surface area contributed by atoms with E-state index in [2.05, 4.69) is 37.3 Å². The van der Waals surface area contributed by atoms with E-state index in [1.807, 2.05) is 30.1 Å². The molecular weight excluding hydrogens is 292 g/mol. The van der Waals surface area contributed by atoms with E-state index < -0.39 is 0 Å². The molecule has 3 rings (SSSR count). The summed E-state index contributed by atoms with van der Waals surface area (Å²) in [5, 5.41) is 5.89. The molecule has 22 heavy (non-hydrogen) atoms. The van der Waals surface area contributed by atoms with E-state index in [-0.39, 0.29) is 0 Å². The van der Waals surface area contributed by atoms with Gasteiger partial charge in [0.05, 0.1) is 6.33 Å². The first-order valence-electron chi connectivity index (χ1n) is 8.34. The number of nitrogens with one attached hydrogen (secondary N) is 1. The summed E-state index contributed by atoms with van der Waals surface area (Å²) in [6.07, 6.45) is 10.7. The van der Waals surface area contributed by atoms with Crippen molar-refractivity contribution in [2.75, 3.05) is 26.2 Å². The predicted molar refractivity (Wildman–Crippen MR) is 92.3 cm³/mol. The Morgan fingerprint density at radius 1 is 1.27 bits per heavy atom. The van der Waals surface area contributed by atoms with Crippen LogP contribution in [-0.4, -0.2) is 46.7 Å². The Kier molecular flexibility index (Phi) is 6.04. The summed E-state index contributed by atoms with van der Waals surface area (Å²) in [6.45, 7) is 5.87. The topological polar surface area (TPSA) is 33.1 Å². The van der Waals surface area contributed by atoms with Gasteiger partial charge in [-0.2, -0.15) is 0 Å². The van der Waals surface area contributed by atoms with Crippen LogP contribution in [0.3, 0.4) is 0 Å². The highest BCUT2D eigenvalue weighted by atomic mass is 32.1. The first-order chi connectivity index (χ1) is 10.9. The van der Waals surface area contributed by atoms with Crippen LogP contribution in [0.2, 0.25) is 0 Å². The summed E-state index contributed by atoms with van der Waals surface area (Å²) in [4.78, 5) is 8.20. The fourth-order valence-electron chi connectivity index (χ4n) is 3.07. The van der Waals surface area contributed by atoms with Crippen molar-refractivity contribution in [3.8, 4) is 0 Å². The Morgan fingerprint density at radius 3 is 2.91 bits per heavy atom. The third-order valence-electron chi connectivity index (χ3n) is 4.43. The number of piperidine rings is 1. The van der Waals surface area contributed by atoms with Gasteiger partial charge in [-0.3, -0.25) is 0 Å². The Labute approximate surface area is 137 Å². The molecule has 0 unspecified atom stereocenters. The largest absolute Gasteiger partial charge is 0.337 e. The third kappa shape index (κ3) is 4.93. The van der Waals surface area contributed by atoms with E-state index in [9.17, 15) is 0 Å². The van der Waals surface area contributed by atoms with Crippen molar-refractivity contribution in [1.82, 2.24) is 19.8 Å². The Morgan fingerprint density at radius 2 is 2.18 bits per heavy atom. The molecule has 0 aliphatic carbocycles. The quantitative estimate of drug-likeness (QED) is 0.760. The van der Waals surface area contributed by atoms with Gasteiger partial charge in [0.1, 0.15) is 0 Å². The summed E-state index contributed by atoms with van der Waals surface area (Å²) in [7, 11) is 0. The molecule has 2 aromatic rings. The summed E-state index contributed by atoms with van der Waals surface area (Å²) < 4.78 is 2.15. The number of aromatic nitrogens is 2. The van der Waals surface area contributed by atoms with E-state index in [4.69, 9.17) is 0 Å². The summed E-state index contributed by atoms with van der Waals surface area (Å²) in [5.41, 5.74) is 0. The lowest BCUT2D eigenvalue weighted by Gasteiger charge is -2.32. The average Bonchev–Trinajstić information content (AvgIpc) is 3.24. The normalized spacial score (nSPS) is 17.1. The zero-order valence-electron chi connectivity index (χ0n) is 13.2. The van der Waals surface area contributed by atoms with Crippen LogP contribution in [0.1, 0.15) is 24.1 Å². The first kappa shape index (κ1) is 15.7. The van der Waals surface area contributed by atoms with Crippen molar-refractivity contribution in [2.24, 2.45) is 0 Å². The van der Waals surface area contributed by atoms with Crippen molar-refractivity contribution in [3.05, 3.63) is 41.1 Å². The SMILES string of the molecule is c1csc(CCN2CCC(NCCCn3ccnc3)CC2)c1. The molecule has 0 aromatic carbocycles. The number of aryl methyl sites for hydroxylation is 1. The van der Waals surface area contributed by atoms with Gasteiger partial charge in [0.2, 0.25) is 0 Å². The van der Waals surface area contributed by atoms with Gasteiger partial charge in [-0.05, 0) is 56.8 Å². The van der Waals surface area contributed by atoms with Crippen LogP contribution in [0, 0.1) is 0 Å². The molecule has 120 valence electrons. The maximum atomic E-state index is 4.07. The lowest BCUT2D eigenvalue weighted by atomic mass is 10.0. The molecule has 1 saturated heterocycles. The highest BCUT2D eigenvalue weighted by Crippen LogP contribution is 2.14. The molecule has 1 fully saturated rings. The second-order valence-electron chi connectivity index (χ2n) is 6.05. The van der Waals surface area contributed by atoms with Gasteiger partial charge in [-0.25, -0.2) is 4.98 Å². The Hall–Kier alpha value is -1.17. The molecule has 0 amide bonds. The predicted octanol–water partition coefficient (Wildman–Crippen LogP) is 2.63. The van der Waals surface area contributed by atoms with Crippen LogP contribution in [0.15, 0.2) is 36.2 Å². The average molecular weight is 318 g/mol. The molecule has 3 heterocycles. The molecule has 0 radical (unpaired) electrons. The molecule has 4 nitrogen and oxygen atoms in total. The van der Waals surface area contributed by atoms with Crippen LogP contribution >= 0.6 is 11.3 Å². The van der Waals surface area contributed by atoms with Crippen LogP contribution < -0.4 is 5.32 Å². The minimum Gasteiger partial charge on any atom is -0.337 e. The lowest BCUT2D eigenvalue weighted by Crippen LogP contribution is -2.43. The fraction of sp³-hybridized carbons (Fsp3) is 0.588. The number of imidazole rings is 1. The standard InChI is InChI=1S/C17H26N4S/c1-3-17(22-14-1)6-12-20-10-4-16(5-11-20)19-7-2-9-21-13-8-18-15-21/h1,3,8,13-16,19H,2,4-7,9-12H2. The maximum Gasteiger partial charge on any atom is 0.0945 e. The van der Waals surface area contributed by atoms with E-state index in [1.54, 1.807) is 0 Å². The molecule has 5 heteroatoms. The highest BCUT2D eigenvalue weighted by Gasteiger charge is 2.18. The zero-order valence-corrected chi connectivity index (χ0v) is 14.0. The third-order valence-corrected chi connectivity index (χ3v) is 5.36. The fourth-order valence-corrected chi connectivity index (χ4v) is 3.77. The molecule has 1 aliphatic heterocycles. The second-order valence-corrected chi connectivity index (χ2v) is 7.09. The van der Waals surface area contributed by atoms with E-state index in [0.29, 0.717) is 6.04 Å². The Bertz CT molecular complexity index is 501. The van der Waals surface area contributed by atoms with E-state index in [0.717, 1.165) is 13.1 Å². The van der Waals surface area contributed by atoms with Gasteiger partial charge in [-0.15, -0.1) is 11.3 Å². The van der Waals surface area contributed by atoms with Crippen molar-refractivity contribution in [3.63, 3.8) is 0 Å².